The number of halogens is 1. The van der Waals surface area contributed by atoms with E-state index in [0.29, 0.717) is 10.7 Å². The normalized spacial score (nSPS) is 15.2. The number of rotatable bonds is 5. The zero-order chi connectivity index (χ0) is 20.2. The zero-order valence-electron chi connectivity index (χ0n) is 15.2. The lowest BCUT2D eigenvalue weighted by molar-refractivity contribution is -0.123. The van der Waals surface area contributed by atoms with E-state index in [2.05, 4.69) is 22.6 Å². The van der Waals surface area contributed by atoms with Gasteiger partial charge in [-0.1, -0.05) is 42.5 Å². The Morgan fingerprint density at radius 1 is 0.897 bits per heavy atom. The molecule has 0 unspecified atom stereocenters. The molecule has 1 fully saturated rings. The van der Waals surface area contributed by atoms with Crippen molar-refractivity contribution < 1.29 is 14.3 Å². The molecule has 2 amide bonds. The third kappa shape index (κ3) is 4.89. The van der Waals surface area contributed by atoms with E-state index in [-0.39, 0.29) is 17.7 Å². The van der Waals surface area contributed by atoms with Gasteiger partial charge in [0, 0.05) is 3.57 Å². The molecule has 0 atom stereocenters. The maximum atomic E-state index is 12.8. The molecular weight excluding hydrogens is 497 g/mol. The summed E-state index contributed by atoms with van der Waals surface area (Å²) in [5.74, 6) is 1.14. The second-order valence-electron chi connectivity index (χ2n) is 6.38. The maximum Gasteiger partial charge on any atom is 0.293 e. The van der Waals surface area contributed by atoms with Crippen LogP contribution in [-0.2, 0) is 11.3 Å². The Labute approximate surface area is 186 Å². The Balaban J connectivity index is 1.51. The minimum atomic E-state index is -0.270. The molecule has 0 bridgehead atoms. The highest BCUT2D eigenvalue weighted by atomic mass is 127. The van der Waals surface area contributed by atoms with Crippen LogP contribution >= 0.6 is 34.4 Å². The fourth-order valence-corrected chi connectivity index (χ4v) is 4.05. The summed E-state index contributed by atoms with van der Waals surface area (Å²) in [6.45, 7) is 0.274. The molecule has 0 radical (unpaired) electrons. The number of amides is 2. The van der Waals surface area contributed by atoms with Gasteiger partial charge in [-0.3, -0.25) is 14.5 Å². The van der Waals surface area contributed by atoms with E-state index in [1.165, 1.54) is 4.90 Å². The Morgan fingerprint density at radius 3 is 2.38 bits per heavy atom. The SMILES string of the molecule is O=C1S/C(=C\c2cccc(Oc3ccccc3)c2)C(=O)N1Cc1ccc(I)cc1. The van der Waals surface area contributed by atoms with E-state index >= 15 is 0 Å². The van der Waals surface area contributed by atoms with E-state index in [9.17, 15) is 9.59 Å². The van der Waals surface area contributed by atoms with E-state index in [1.807, 2.05) is 78.9 Å². The summed E-state index contributed by atoms with van der Waals surface area (Å²) in [7, 11) is 0. The fourth-order valence-electron chi connectivity index (χ4n) is 2.85. The third-order valence-corrected chi connectivity index (χ3v) is 5.89. The number of hydrogen-bond donors (Lipinski definition) is 0. The minimum Gasteiger partial charge on any atom is -0.457 e. The van der Waals surface area contributed by atoms with Crippen molar-refractivity contribution in [1.29, 1.82) is 0 Å². The van der Waals surface area contributed by atoms with Crippen LogP contribution in [0.25, 0.3) is 6.08 Å². The molecule has 4 nitrogen and oxygen atoms in total. The lowest BCUT2D eigenvalue weighted by Gasteiger charge is -2.12. The van der Waals surface area contributed by atoms with Crippen LogP contribution in [0, 0.1) is 3.57 Å². The van der Waals surface area contributed by atoms with Gasteiger partial charge in [-0.15, -0.1) is 0 Å². The standard InChI is InChI=1S/C23H16INO3S/c24-18-11-9-16(10-12-18)15-25-22(26)21(29-23(25)27)14-17-5-4-8-20(13-17)28-19-6-2-1-3-7-19/h1-14H,15H2/b21-14-. The van der Waals surface area contributed by atoms with Crippen LogP contribution in [0.3, 0.4) is 0 Å². The first-order valence-corrected chi connectivity index (χ1v) is 10.8. The Bertz CT molecular complexity index is 1080. The van der Waals surface area contributed by atoms with Crippen molar-refractivity contribution in [3.05, 3.63) is 98.5 Å². The van der Waals surface area contributed by atoms with Crippen molar-refractivity contribution in [3.8, 4) is 11.5 Å². The highest BCUT2D eigenvalue weighted by Crippen LogP contribution is 2.34. The monoisotopic (exact) mass is 513 g/mol. The summed E-state index contributed by atoms with van der Waals surface area (Å²) < 4.78 is 6.95. The second kappa shape index (κ2) is 8.84. The van der Waals surface area contributed by atoms with E-state index in [4.69, 9.17) is 4.74 Å². The number of thioether (sulfide) groups is 1. The number of carbonyl (C=O) groups is 2. The van der Waals surface area contributed by atoms with Gasteiger partial charge in [0.15, 0.2) is 0 Å². The molecule has 1 saturated heterocycles. The van der Waals surface area contributed by atoms with Crippen LogP contribution in [0.15, 0.2) is 83.8 Å². The van der Waals surface area contributed by atoms with Crippen LogP contribution in [-0.4, -0.2) is 16.0 Å². The first-order chi connectivity index (χ1) is 14.1. The van der Waals surface area contributed by atoms with Gasteiger partial charge in [0.05, 0.1) is 11.4 Å². The van der Waals surface area contributed by atoms with E-state index in [1.54, 1.807) is 6.08 Å². The quantitative estimate of drug-likeness (QED) is 0.296. The topological polar surface area (TPSA) is 46.6 Å². The van der Waals surface area contributed by atoms with E-state index < -0.39 is 0 Å². The summed E-state index contributed by atoms with van der Waals surface area (Å²) in [4.78, 5) is 26.8. The molecule has 1 heterocycles. The largest absolute Gasteiger partial charge is 0.457 e. The van der Waals surface area contributed by atoms with Crippen molar-refractivity contribution in [2.45, 2.75) is 6.54 Å². The van der Waals surface area contributed by atoms with Gasteiger partial charge in [-0.05, 0) is 88.0 Å². The summed E-state index contributed by atoms with van der Waals surface area (Å²) in [6, 6.07) is 24.7. The molecule has 0 N–H and O–H groups in total. The average Bonchev–Trinajstić information content (AvgIpc) is 2.98. The lowest BCUT2D eigenvalue weighted by atomic mass is 10.2. The van der Waals surface area contributed by atoms with Crippen LogP contribution in [0.5, 0.6) is 11.5 Å². The van der Waals surface area contributed by atoms with E-state index in [0.717, 1.165) is 32.2 Å². The molecular formula is C23H16INO3S. The second-order valence-corrected chi connectivity index (χ2v) is 8.62. The van der Waals surface area contributed by atoms with Crippen LogP contribution in [0.2, 0.25) is 0 Å². The molecule has 0 saturated carbocycles. The Morgan fingerprint density at radius 2 is 1.62 bits per heavy atom. The molecule has 29 heavy (non-hydrogen) atoms. The number of para-hydroxylation sites is 1. The number of ether oxygens (including phenoxy) is 1. The van der Waals surface area contributed by atoms with Crippen LogP contribution in [0.1, 0.15) is 11.1 Å². The smallest absolute Gasteiger partial charge is 0.293 e. The molecule has 0 aromatic heterocycles. The van der Waals surface area contributed by atoms with Crippen LogP contribution in [0.4, 0.5) is 4.79 Å². The number of imide groups is 1. The molecule has 3 aromatic carbocycles. The van der Waals surface area contributed by atoms with Crippen molar-refractivity contribution in [1.82, 2.24) is 4.90 Å². The molecule has 6 heteroatoms. The number of carbonyl (C=O) groups excluding carboxylic acids is 2. The summed E-state index contributed by atoms with van der Waals surface area (Å²) in [5, 5.41) is -0.253. The number of benzene rings is 3. The Kier molecular flexibility index (Phi) is 6.01. The van der Waals surface area contributed by atoms with Gasteiger partial charge in [0.1, 0.15) is 11.5 Å². The molecule has 0 aliphatic carbocycles. The third-order valence-electron chi connectivity index (χ3n) is 4.26. The van der Waals surface area contributed by atoms with Gasteiger partial charge in [0.2, 0.25) is 0 Å². The lowest BCUT2D eigenvalue weighted by Crippen LogP contribution is -2.27. The molecule has 144 valence electrons. The van der Waals surface area contributed by atoms with Gasteiger partial charge < -0.3 is 4.74 Å². The maximum absolute atomic E-state index is 12.8. The molecule has 1 aliphatic heterocycles. The fraction of sp³-hybridized carbons (Fsp3) is 0.0435. The zero-order valence-corrected chi connectivity index (χ0v) is 18.2. The first kappa shape index (κ1) is 19.7. The molecule has 0 spiro atoms. The van der Waals surface area contributed by atoms with Crippen molar-refractivity contribution in [2.75, 3.05) is 0 Å². The highest BCUT2D eigenvalue weighted by molar-refractivity contribution is 14.1. The Hall–Kier alpha value is -2.58. The molecule has 1 aliphatic rings. The highest BCUT2D eigenvalue weighted by Gasteiger charge is 2.34. The van der Waals surface area contributed by atoms with Crippen molar-refractivity contribution in [2.24, 2.45) is 0 Å². The van der Waals surface area contributed by atoms with Gasteiger partial charge >= 0.3 is 0 Å². The first-order valence-electron chi connectivity index (χ1n) is 8.91. The van der Waals surface area contributed by atoms with Crippen molar-refractivity contribution in [3.63, 3.8) is 0 Å². The molecule has 4 rings (SSSR count). The minimum absolute atomic E-state index is 0.253. The number of nitrogens with zero attached hydrogens (tertiary/aromatic N) is 1. The summed E-state index contributed by atoms with van der Waals surface area (Å²) >= 11 is 3.19. The predicted molar refractivity (Wildman–Crippen MR) is 124 cm³/mol. The summed E-state index contributed by atoms with van der Waals surface area (Å²) in [6.07, 6.45) is 1.73. The van der Waals surface area contributed by atoms with Gasteiger partial charge in [-0.2, -0.15) is 0 Å². The van der Waals surface area contributed by atoms with Crippen LogP contribution < -0.4 is 4.74 Å². The predicted octanol–water partition coefficient (Wildman–Crippen LogP) is 6.32. The molecule has 3 aromatic rings. The van der Waals surface area contributed by atoms with Gasteiger partial charge in [0.25, 0.3) is 11.1 Å². The van der Waals surface area contributed by atoms with Crippen molar-refractivity contribution >= 4 is 51.6 Å². The number of hydrogen-bond acceptors (Lipinski definition) is 4. The van der Waals surface area contributed by atoms with Gasteiger partial charge in [-0.25, -0.2) is 0 Å². The average molecular weight is 513 g/mol. The summed E-state index contributed by atoms with van der Waals surface area (Å²) in [5.41, 5.74) is 1.73.